The van der Waals surface area contributed by atoms with Crippen molar-refractivity contribution >= 4 is 52.1 Å². The Kier molecular flexibility index (Phi) is 5.77. The van der Waals surface area contributed by atoms with Gasteiger partial charge in [0.1, 0.15) is 12.1 Å². The molecule has 2 heterocycles. The zero-order chi connectivity index (χ0) is 22.2. The fraction of sp³-hybridized carbons (Fsp3) is 0.273. The number of urea groups is 1. The molecule has 0 unspecified atom stereocenters. The molecule has 160 valence electrons. The Balaban J connectivity index is 1.61. The minimum Gasteiger partial charge on any atom is -0.319 e. The molecule has 0 aliphatic carbocycles. The van der Waals surface area contributed by atoms with E-state index in [-0.39, 0.29) is 6.04 Å². The third-order valence-corrected chi connectivity index (χ3v) is 6.68. The molecular weight excluding hydrogens is 436 g/mol. The highest BCUT2D eigenvalue weighted by atomic mass is 35.5. The van der Waals surface area contributed by atoms with Crippen LogP contribution in [-0.4, -0.2) is 46.3 Å². The Bertz CT molecular complexity index is 1060. The van der Waals surface area contributed by atoms with E-state index in [1.54, 1.807) is 55.5 Å². The van der Waals surface area contributed by atoms with Crippen LogP contribution in [0.5, 0.6) is 0 Å². The minimum absolute atomic E-state index is 0.0701. The lowest BCUT2D eigenvalue weighted by Gasteiger charge is -2.25. The molecule has 2 aromatic rings. The number of rotatable bonds is 4. The third kappa shape index (κ3) is 4.05. The number of nitrogens with zero attached hydrogens (tertiary/aromatic N) is 3. The average molecular weight is 457 g/mol. The summed E-state index contributed by atoms with van der Waals surface area (Å²) in [6, 6.07) is 15.2. The number of hydrogen-bond donors (Lipinski definition) is 1. The fourth-order valence-corrected chi connectivity index (χ4v) is 4.73. The van der Waals surface area contributed by atoms with Crippen LogP contribution in [-0.2, 0) is 15.1 Å². The number of benzene rings is 2. The molecule has 0 saturated carbocycles. The Morgan fingerprint density at radius 3 is 2.52 bits per heavy atom. The summed E-state index contributed by atoms with van der Waals surface area (Å²) in [5, 5.41) is 3.81. The van der Waals surface area contributed by atoms with Gasteiger partial charge >= 0.3 is 6.03 Å². The second-order valence-corrected chi connectivity index (χ2v) is 9.01. The van der Waals surface area contributed by atoms with Gasteiger partial charge in [0.15, 0.2) is 5.17 Å². The SMILES string of the molecule is C[C@H]1CSC(N(C(=O)CN2C(=O)N[C@](C)(c3ccccc3)C2=O)c2ccc(Cl)cc2)=N1. The van der Waals surface area contributed by atoms with E-state index in [9.17, 15) is 14.4 Å². The third-order valence-electron chi connectivity index (χ3n) is 5.23. The molecule has 2 atom stereocenters. The molecule has 0 aromatic heterocycles. The lowest BCUT2D eigenvalue weighted by atomic mass is 9.92. The summed E-state index contributed by atoms with van der Waals surface area (Å²) in [6.45, 7) is 3.21. The first-order chi connectivity index (χ1) is 14.8. The molecule has 2 aromatic carbocycles. The first-order valence-corrected chi connectivity index (χ1v) is 11.1. The van der Waals surface area contributed by atoms with E-state index in [0.717, 1.165) is 10.7 Å². The predicted molar refractivity (Wildman–Crippen MR) is 122 cm³/mol. The quantitative estimate of drug-likeness (QED) is 0.712. The van der Waals surface area contributed by atoms with Crippen molar-refractivity contribution in [2.45, 2.75) is 25.4 Å². The van der Waals surface area contributed by atoms with Crippen molar-refractivity contribution < 1.29 is 14.4 Å². The van der Waals surface area contributed by atoms with E-state index in [4.69, 9.17) is 11.6 Å². The van der Waals surface area contributed by atoms with E-state index in [1.807, 2.05) is 13.0 Å². The molecule has 7 nitrogen and oxygen atoms in total. The number of hydrogen-bond acceptors (Lipinski definition) is 5. The van der Waals surface area contributed by atoms with Crippen LogP contribution < -0.4 is 10.2 Å². The molecule has 4 rings (SSSR count). The van der Waals surface area contributed by atoms with Gasteiger partial charge in [-0.15, -0.1) is 0 Å². The topological polar surface area (TPSA) is 82.1 Å². The molecule has 2 aliphatic rings. The number of amidine groups is 1. The van der Waals surface area contributed by atoms with Gasteiger partial charge in [0.2, 0.25) is 0 Å². The van der Waals surface area contributed by atoms with Gasteiger partial charge in [0.05, 0.1) is 11.7 Å². The van der Waals surface area contributed by atoms with Crippen LogP contribution in [0.2, 0.25) is 5.02 Å². The smallest absolute Gasteiger partial charge is 0.319 e. The summed E-state index contributed by atoms with van der Waals surface area (Å²) in [5.74, 6) is -0.145. The summed E-state index contributed by atoms with van der Waals surface area (Å²) >= 11 is 7.46. The van der Waals surface area contributed by atoms with E-state index in [0.29, 0.717) is 21.4 Å². The second-order valence-electron chi connectivity index (χ2n) is 7.59. The van der Waals surface area contributed by atoms with Gasteiger partial charge in [-0.05, 0) is 43.7 Å². The molecule has 0 spiro atoms. The summed E-state index contributed by atoms with van der Waals surface area (Å²) in [5.41, 5.74) is 0.00717. The highest BCUT2D eigenvalue weighted by Gasteiger charge is 2.50. The van der Waals surface area contributed by atoms with Crippen LogP contribution in [0.4, 0.5) is 10.5 Å². The Morgan fingerprint density at radius 2 is 1.90 bits per heavy atom. The summed E-state index contributed by atoms with van der Waals surface area (Å²) in [4.78, 5) is 46.1. The number of amides is 4. The van der Waals surface area contributed by atoms with Crippen LogP contribution in [0.25, 0.3) is 0 Å². The van der Waals surface area contributed by atoms with Gasteiger partial charge in [0, 0.05) is 10.8 Å². The molecule has 0 radical (unpaired) electrons. The van der Waals surface area contributed by atoms with Gasteiger partial charge in [0.25, 0.3) is 11.8 Å². The van der Waals surface area contributed by atoms with Crippen molar-refractivity contribution in [3.05, 3.63) is 65.2 Å². The second kappa shape index (κ2) is 8.36. The normalized spacial score (nSPS) is 23.0. The number of imide groups is 1. The van der Waals surface area contributed by atoms with Gasteiger partial charge in [-0.25, -0.2) is 4.79 Å². The molecule has 2 aliphatic heterocycles. The average Bonchev–Trinajstić information content (AvgIpc) is 3.27. The number of thioether (sulfide) groups is 1. The lowest BCUT2D eigenvalue weighted by Crippen LogP contribution is -2.46. The zero-order valence-electron chi connectivity index (χ0n) is 17.0. The molecule has 31 heavy (non-hydrogen) atoms. The predicted octanol–water partition coefficient (Wildman–Crippen LogP) is 3.63. The van der Waals surface area contributed by atoms with Crippen molar-refractivity contribution in [3.8, 4) is 0 Å². The molecule has 0 bridgehead atoms. The summed E-state index contributed by atoms with van der Waals surface area (Å²) in [6.07, 6.45) is 0. The van der Waals surface area contributed by atoms with Crippen molar-refractivity contribution in [1.82, 2.24) is 10.2 Å². The standard InChI is InChI=1S/C22H21ClN4O3S/c1-14-13-31-21(24-14)27(17-10-8-16(23)9-11-17)18(28)12-26-19(29)22(2,25-20(26)30)15-6-4-3-5-7-15/h3-11,14H,12-13H2,1-2H3,(H,25,30)/t14-,22+/m0/s1. The van der Waals surface area contributed by atoms with Crippen LogP contribution in [0.1, 0.15) is 19.4 Å². The van der Waals surface area contributed by atoms with Crippen molar-refractivity contribution in [2.24, 2.45) is 4.99 Å². The van der Waals surface area contributed by atoms with Gasteiger partial charge < -0.3 is 5.32 Å². The van der Waals surface area contributed by atoms with Crippen molar-refractivity contribution in [1.29, 1.82) is 0 Å². The molecule has 4 amide bonds. The Morgan fingerprint density at radius 1 is 1.23 bits per heavy atom. The minimum atomic E-state index is -1.22. The van der Waals surface area contributed by atoms with E-state index in [1.165, 1.54) is 16.7 Å². The van der Waals surface area contributed by atoms with Crippen molar-refractivity contribution in [3.63, 3.8) is 0 Å². The van der Waals surface area contributed by atoms with E-state index >= 15 is 0 Å². The first kappa shape index (κ1) is 21.4. The van der Waals surface area contributed by atoms with E-state index in [2.05, 4.69) is 10.3 Å². The van der Waals surface area contributed by atoms with E-state index < -0.39 is 29.9 Å². The molecule has 1 N–H and O–H groups in total. The first-order valence-electron chi connectivity index (χ1n) is 9.78. The monoisotopic (exact) mass is 456 g/mol. The van der Waals surface area contributed by atoms with Crippen molar-refractivity contribution in [2.75, 3.05) is 17.2 Å². The van der Waals surface area contributed by atoms with Crippen LogP contribution in [0.15, 0.2) is 59.6 Å². The number of carbonyl (C=O) groups excluding carboxylic acids is 3. The summed E-state index contributed by atoms with van der Waals surface area (Å²) in [7, 11) is 0. The maximum absolute atomic E-state index is 13.3. The molecule has 9 heteroatoms. The maximum Gasteiger partial charge on any atom is 0.325 e. The lowest BCUT2D eigenvalue weighted by molar-refractivity contribution is -0.134. The number of anilines is 1. The highest BCUT2D eigenvalue weighted by Crippen LogP contribution is 2.30. The molecule has 1 saturated heterocycles. The largest absolute Gasteiger partial charge is 0.325 e. The maximum atomic E-state index is 13.3. The Labute approximate surface area is 189 Å². The summed E-state index contributed by atoms with van der Waals surface area (Å²) < 4.78 is 0. The number of carbonyl (C=O) groups is 3. The van der Waals surface area contributed by atoms with Crippen LogP contribution in [0, 0.1) is 0 Å². The van der Waals surface area contributed by atoms with Gasteiger partial charge in [-0.3, -0.25) is 24.4 Å². The highest BCUT2D eigenvalue weighted by molar-refractivity contribution is 8.14. The van der Waals surface area contributed by atoms with Gasteiger partial charge in [-0.2, -0.15) is 0 Å². The van der Waals surface area contributed by atoms with Crippen LogP contribution >= 0.6 is 23.4 Å². The number of halogens is 1. The fourth-order valence-electron chi connectivity index (χ4n) is 3.55. The van der Waals surface area contributed by atoms with Gasteiger partial charge in [-0.1, -0.05) is 53.7 Å². The Hall–Kier alpha value is -2.84. The van der Waals surface area contributed by atoms with Crippen LogP contribution in [0.3, 0.4) is 0 Å². The zero-order valence-corrected chi connectivity index (χ0v) is 18.6. The molecule has 1 fully saturated rings. The molecular formula is C22H21ClN4O3S. The number of nitrogens with one attached hydrogen (secondary N) is 1. The number of aliphatic imine (C=N–C) groups is 1.